The van der Waals surface area contributed by atoms with Crippen LogP contribution in [0.2, 0.25) is 0 Å². The van der Waals surface area contributed by atoms with Crippen LogP contribution in [0.5, 0.6) is 0 Å². The maximum Gasteiger partial charge on any atom is 0.319 e. The Bertz CT molecular complexity index is 542. The molecule has 1 aliphatic carbocycles. The highest BCUT2D eigenvalue weighted by atomic mass is 16.4. The van der Waals surface area contributed by atoms with E-state index in [1.165, 1.54) is 0 Å². The summed E-state index contributed by atoms with van der Waals surface area (Å²) in [4.78, 5) is 23.0. The second-order valence-corrected chi connectivity index (χ2v) is 5.91. The van der Waals surface area contributed by atoms with Crippen molar-refractivity contribution < 1.29 is 14.7 Å². The van der Waals surface area contributed by atoms with Crippen molar-refractivity contribution in [1.82, 2.24) is 5.32 Å². The van der Waals surface area contributed by atoms with Crippen molar-refractivity contribution in [3.8, 4) is 0 Å². The fraction of sp³-hybridized carbons (Fsp3) is 0.500. The van der Waals surface area contributed by atoms with Crippen molar-refractivity contribution in [2.75, 3.05) is 5.32 Å². The topological polar surface area (TPSA) is 78.4 Å². The molecule has 5 heteroatoms. The molecule has 2 rings (SSSR count). The molecule has 3 N–H and O–H groups in total. The van der Waals surface area contributed by atoms with Crippen LogP contribution < -0.4 is 10.6 Å². The number of benzene rings is 1. The van der Waals surface area contributed by atoms with E-state index in [1.54, 1.807) is 0 Å². The van der Waals surface area contributed by atoms with E-state index in [-0.39, 0.29) is 18.5 Å². The molecule has 1 unspecified atom stereocenters. The van der Waals surface area contributed by atoms with Gasteiger partial charge in [0.1, 0.15) is 0 Å². The molecular formula is C16H22N2O3. The number of anilines is 1. The smallest absolute Gasteiger partial charge is 0.319 e. The number of carboxylic acid groups (broad SMARTS) is 1. The fourth-order valence-electron chi connectivity index (χ4n) is 2.72. The van der Waals surface area contributed by atoms with Crippen LogP contribution in [0.3, 0.4) is 0 Å². The summed E-state index contributed by atoms with van der Waals surface area (Å²) in [5, 5.41) is 14.6. The van der Waals surface area contributed by atoms with Gasteiger partial charge in [-0.1, -0.05) is 17.7 Å². The number of aryl methyl sites for hydroxylation is 3. The average Bonchev–Trinajstić information content (AvgIpc) is 3.16. The molecule has 21 heavy (non-hydrogen) atoms. The van der Waals surface area contributed by atoms with Gasteiger partial charge in [-0.25, -0.2) is 4.79 Å². The van der Waals surface area contributed by atoms with E-state index in [0.717, 1.165) is 35.2 Å². The third-order valence-corrected chi connectivity index (χ3v) is 3.82. The zero-order valence-corrected chi connectivity index (χ0v) is 12.7. The zero-order chi connectivity index (χ0) is 15.6. The number of carbonyl (C=O) groups excluding carboxylic acids is 1. The van der Waals surface area contributed by atoms with Crippen LogP contribution in [0.1, 0.15) is 36.0 Å². The Morgan fingerprint density at radius 3 is 2.29 bits per heavy atom. The Hall–Kier alpha value is -2.04. The molecule has 1 saturated carbocycles. The molecule has 0 radical (unpaired) electrons. The molecule has 1 atom stereocenters. The van der Waals surface area contributed by atoms with Crippen LogP contribution in [0.15, 0.2) is 12.1 Å². The summed E-state index contributed by atoms with van der Waals surface area (Å²) in [5.74, 6) is -0.582. The van der Waals surface area contributed by atoms with Gasteiger partial charge >= 0.3 is 12.0 Å². The third kappa shape index (κ3) is 4.21. The standard InChI is InChI=1S/C16H22N2O3/c1-9-6-10(2)15(11(3)7-9)18-16(21)17-13(8-14(19)20)12-4-5-12/h6-7,12-13H,4-5,8H2,1-3H3,(H,19,20)(H2,17,18,21). The molecule has 5 nitrogen and oxygen atoms in total. The minimum Gasteiger partial charge on any atom is -0.481 e. The highest BCUT2D eigenvalue weighted by molar-refractivity contribution is 5.91. The summed E-state index contributed by atoms with van der Waals surface area (Å²) in [6.45, 7) is 5.91. The first-order valence-electron chi connectivity index (χ1n) is 7.24. The molecule has 0 bridgehead atoms. The highest BCUT2D eigenvalue weighted by Gasteiger charge is 2.33. The SMILES string of the molecule is Cc1cc(C)c(NC(=O)NC(CC(=O)O)C2CC2)c(C)c1. The van der Waals surface area contributed by atoms with Crippen LogP contribution in [0.4, 0.5) is 10.5 Å². The molecule has 1 aliphatic rings. The second-order valence-electron chi connectivity index (χ2n) is 5.91. The Balaban J connectivity index is 2.02. The molecule has 0 aliphatic heterocycles. The number of amides is 2. The predicted octanol–water partition coefficient (Wildman–Crippen LogP) is 2.99. The predicted molar refractivity (Wildman–Crippen MR) is 81.6 cm³/mol. The molecule has 0 saturated heterocycles. The number of carboxylic acids is 1. The molecule has 2 amide bonds. The van der Waals surface area contributed by atoms with E-state index in [2.05, 4.69) is 10.6 Å². The number of aliphatic carboxylic acids is 1. The number of carbonyl (C=O) groups is 2. The molecule has 0 aromatic heterocycles. The van der Waals surface area contributed by atoms with E-state index in [4.69, 9.17) is 5.11 Å². The van der Waals surface area contributed by atoms with Gasteiger partial charge in [-0.05, 0) is 50.7 Å². The van der Waals surface area contributed by atoms with Gasteiger partial charge in [0.05, 0.1) is 6.42 Å². The van der Waals surface area contributed by atoms with Crippen LogP contribution in [-0.2, 0) is 4.79 Å². The Morgan fingerprint density at radius 1 is 1.24 bits per heavy atom. The molecule has 1 fully saturated rings. The number of urea groups is 1. The lowest BCUT2D eigenvalue weighted by Crippen LogP contribution is -2.40. The monoisotopic (exact) mass is 290 g/mol. The molecule has 0 heterocycles. The van der Waals surface area contributed by atoms with E-state index >= 15 is 0 Å². The van der Waals surface area contributed by atoms with Gasteiger partial charge < -0.3 is 15.7 Å². The van der Waals surface area contributed by atoms with Crippen molar-refractivity contribution in [3.05, 3.63) is 28.8 Å². The number of rotatable bonds is 5. The summed E-state index contributed by atoms with van der Waals surface area (Å²) in [6, 6.07) is 3.41. The van der Waals surface area contributed by atoms with Gasteiger partial charge in [-0.15, -0.1) is 0 Å². The van der Waals surface area contributed by atoms with Gasteiger partial charge in [0.25, 0.3) is 0 Å². The lowest BCUT2D eigenvalue weighted by Gasteiger charge is -2.18. The fourth-order valence-corrected chi connectivity index (χ4v) is 2.72. The summed E-state index contributed by atoms with van der Waals surface area (Å²) in [6.07, 6.45) is 1.95. The Kier molecular flexibility index (Phi) is 4.50. The van der Waals surface area contributed by atoms with E-state index in [9.17, 15) is 9.59 Å². The van der Waals surface area contributed by atoms with Gasteiger partial charge in [0.15, 0.2) is 0 Å². The minimum atomic E-state index is -0.880. The van der Waals surface area contributed by atoms with Crippen LogP contribution in [-0.4, -0.2) is 23.1 Å². The maximum atomic E-state index is 12.1. The summed E-state index contributed by atoms with van der Waals surface area (Å²) in [7, 11) is 0. The lowest BCUT2D eigenvalue weighted by atomic mass is 10.1. The lowest BCUT2D eigenvalue weighted by molar-refractivity contribution is -0.137. The number of hydrogen-bond acceptors (Lipinski definition) is 2. The van der Waals surface area contributed by atoms with Crippen molar-refractivity contribution >= 4 is 17.7 Å². The van der Waals surface area contributed by atoms with Crippen LogP contribution in [0.25, 0.3) is 0 Å². The molecule has 1 aromatic carbocycles. The number of hydrogen-bond donors (Lipinski definition) is 3. The summed E-state index contributed by atoms with van der Waals surface area (Å²) < 4.78 is 0. The highest BCUT2D eigenvalue weighted by Crippen LogP contribution is 2.34. The van der Waals surface area contributed by atoms with Crippen LogP contribution >= 0.6 is 0 Å². The van der Waals surface area contributed by atoms with Crippen LogP contribution in [0, 0.1) is 26.7 Å². The molecular weight excluding hydrogens is 268 g/mol. The largest absolute Gasteiger partial charge is 0.481 e. The minimum absolute atomic E-state index is 0.0239. The molecule has 114 valence electrons. The van der Waals surface area contributed by atoms with E-state index in [0.29, 0.717) is 5.92 Å². The molecule has 0 spiro atoms. The first-order chi connectivity index (χ1) is 9.86. The second kappa shape index (κ2) is 6.16. The molecule has 1 aromatic rings. The Morgan fingerprint density at radius 2 is 1.81 bits per heavy atom. The summed E-state index contributed by atoms with van der Waals surface area (Å²) >= 11 is 0. The normalized spacial score (nSPS) is 15.4. The number of nitrogens with one attached hydrogen (secondary N) is 2. The first-order valence-corrected chi connectivity index (χ1v) is 7.24. The van der Waals surface area contributed by atoms with Crippen molar-refractivity contribution in [1.29, 1.82) is 0 Å². The average molecular weight is 290 g/mol. The maximum absolute atomic E-state index is 12.1. The third-order valence-electron chi connectivity index (χ3n) is 3.82. The van der Waals surface area contributed by atoms with Crippen molar-refractivity contribution in [2.45, 2.75) is 46.1 Å². The van der Waals surface area contributed by atoms with Gasteiger partial charge in [-0.3, -0.25) is 4.79 Å². The van der Waals surface area contributed by atoms with E-state index in [1.807, 2.05) is 32.9 Å². The first kappa shape index (κ1) is 15.4. The van der Waals surface area contributed by atoms with Crippen molar-refractivity contribution in [2.24, 2.45) is 5.92 Å². The summed E-state index contributed by atoms with van der Waals surface area (Å²) in [5.41, 5.74) is 3.95. The van der Waals surface area contributed by atoms with Crippen molar-refractivity contribution in [3.63, 3.8) is 0 Å². The zero-order valence-electron chi connectivity index (χ0n) is 12.7. The Labute approximate surface area is 124 Å². The quantitative estimate of drug-likeness (QED) is 0.780. The van der Waals surface area contributed by atoms with Gasteiger partial charge in [0, 0.05) is 11.7 Å². The van der Waals surface area contributed by atoms with Gasteiger partial charge in [0.2, 0.25) is 0 Å². The van der Waals surface area contributed by atoms with E-state index < -0.39 is 5.97 Å². The van der Waals surface area contributed by atoms with Gasteiger partial charge in [-0.2, -0.15) is 0 Å².